The lowest BCUT2D eigenvalue weighted by atomic mass is 10.1. The molecule has 168 valence electrons. The Bertz CT molecular complexity index is 1240. The van der Waals surface area contributed by atoms with Gasteiger partial charge in [-0.3, -0.25) is 4.79 Å². The van der Waals surface area contributed by atoms with Gasteiger partial charge in [0.25, 0.3) is 0 Å². The number of anilines is 2. The van der Waals surface area contributed by atoms with E-state index in [2.05, 4.69) is 27.8 Å². The Morgan fingerprint density at radius 1 is 1.24 bits per heavy atom. The number of likely N-dealkylation sites (tertiary alicyclic amines) is 1. The number of carbonyl (C=O) groups excluding carboxylic acids is 1. The third-order valence-electron chi connectivity index (χ3n) is 5.61. The second-order valence-corrected chi connectivity index (χ2v) is 7.84. The van der Waals surface area contributed by atoms with Crippen LogP contribution in [0.3, 0.4) is 0 Å². The molecule has 1 aliphatic rings. The number of ether oxygens (including phenoxy) is 2. The molecule has 1 aliphatic heterocycles. The first-order chi connectivity index (χ1) is 16.0. The minimum Gasteiger partial charge on any atom is -0.493 e. The van der Waals surface area contributed by atoms with E-state index in [0.717, 1.165) is 35.0 Å². The molecule has 2 aromatic carbocycles. The molecular formula is C26H26N4O3. The molecule has 33 heavy (non-hydrogen) atoms. The molecule has 7 nitrogen and oxygen atoms in total. The number of amides is 1. The quantitative estimate of drug-likeness (QED) is 0.455. The van der Waals surface area contributed by atoms with Crippen LogP contribution in [0.4, 0.5) is 11.5 Å². The largest absolute Gasteiger partial charge is 0.493 e. The van der Waals surface area contributed by atoms with Crippen molar-refractivity contribution in [2.75, 3.05) is 25.5 Å². The maximum Gasteiger partial charge on any atom is 0.245 e. The lowest BCUT2D eigenvalue weighted by Gasteiger charge is -2.31. The van der Waals surface area contributed by atoms with Crippen molar-refractivity contribution >= 4 is 28.3 Å². The van der Waals surface area contributed by atoms with E-state index in [1.807, 2.05) is 43.3 Å². The molecular weight excluding hydrogens is 416 g/mol. The number of nitrogens with zero attached hydrogens (tertiary/aromatic N) is 3. The van der Waals surface area contributed by atoms with Crippen LogP contribution in [0.2, 0.25) is 0 Å². The predicted molar refractivity (Wildman–Crippen MR) is 129 cm³/mol. The van der Waals surface area contributed by atoms with Crippen LogP contribution in [0, 0.1) is 19.3 Å². The molecule has 0 atom stereocenters. The highest BCUT2D eigenvalue weighted by Gasteiger charge is 2.24. The maximum absolute atomic E-state index is 11.8. The number of hydrogen-bond donors (Lipinski definition) is 1. The van der Waals surface area contributed by atoms with E-state index in [4.69, 9.17) is 15.9 Å². The maximum atomic E-state index is 11.8. The first kappa shape index (κ1) is 22.2. The molecule has 7 heteroatoms. The number of terminal acetylenes is 1. The summed E-state index contributed by atoms with van der Waals surface area (Å²) >= 11 is 0. The van der Waals surface area contributed by atoms with Crippen LogP contribution >= 0.6 is 0 Å². The Labute approximate surface area is 193 Å². The standard InChI is InChI=1S/C26H26N4O3/c1-5-18-8-7-9-19(14-18)29-26-21-15-24(23(32-4)16-22(21)27-17(3)28-26)33-20-10-12-30(13-11-20)25(31)6-2/h1,6-9,14-16,20H,2,10-13H2,3-4H3,(H,27,28,29). The van der Waals surface area contributed by atoms with Gasteiger partial charge in [0.15, 0.2) is 11.5 Å². The van der Waals surface area contributed by atoms with Gasteiger partial charge in [0.1, 0.15) is 17.7 Å². The van der Waals surface area contributed by atoms with E-state index in [1.54, 1.807) is 12.0 Å². The Hall–Kier alpha value is -4.05. The molecule has 1 amide bonds. The number of hydrogen-bond acceptors (Lipinski definition) is 6. The molecule has 0 saturated carbocycles. The molecule has 0 spiro atoms. The molecule has 1 saturated heterocycles. The number of methoxy groups -OCH3 is 1. The summed E-state index contributed by atoms with van der Waals surface area (Å²) in [5, 5.41) is 4.17. The number of aryl methyl sites for hydroxylation is 1. The molecule has 1 aromatic heterocycles. The van der Waals surface area contributed by atoms with E-state index >= 15 is 0 Å². The second-order valence-electron chi connectivity index (χ2n) is 7.84. The molecule has 2 heterocycles. The van der Waals surface area contributed by atoms with Crippen molar-refractivity contribution in [2.24, 2.45) is 0 Å². The van der Waals surface area contributed by atoms with Crippen LogP contribution in [-0.4, -0.2) is 47.1 Å². The highest BCUT2D eigenvalue weighted by molar-refractivity contribution is 5.93. The van der Waals surface area contributed by atoms with Crippen LogP contribution in [0.5, 0.6) is 11.5 Å². The van der Waals surface area contributed by atoms with Crippen LogP contribution < -0.4 is 14.8 Å². The van der Waals surface area contributed by atoms with E-state index in [9.17, 15) is 4.79 Å². The van der Waals surface area contributed by atoms with Gasteiger partial charge in [0.05, 0.1) is 12.6 Å². The van der Waals surface area contributed by atoms with Crippen molar-refractivity contribution in [3.05, 3.63) is 60.4 Å². The Balaban J connectivity index is 1.64. The summed E-state index contributed by atoms with van der Waals surface area (Å²) in [6.45, 7) is 6.67. The van der Waals surface area contributed by atoms with Gasteiger partial charge >= 0.3 is 0 Å². The lowest BCUT2D eigenvalue weighted by Crippen LogP contribution is -2.41. The monoisotopic (exact) mass is 442 g/mol. The second kappa shape index (κ2) is 9.61. The summed E-state index contributed by atoms with van der Waals surface area (Å²) < 4.78 is 11.9. The van der Waals surface area contributed by atoms with E-state index in [0.29, 0.717) is 36.2 Å². The molecule has 1 fully saturated rings. The van der Waals surface area contributed by atoms with E-state index in [-0.39, 0.29) is 12.0 Å². The zero-order valence-electron chi connectivity index (χ0n) is 18.8. The molecule has 0 aliphatic carbocycles. The van der Waals surface area contributed by atoms with Crippen LogP contribution in [0.25, 0.3) is 10.9 Å². The molecule has 3 aromatic rings. The van der Waals surface area contributed by atoms with Crippen molar-refractivity contribution in [1.29, 1.82) is 0 Å². The number of aromatic nitrogens is 2. The van der Waals surface area contributed by atoms with Gasteiger partial charge < -0.3 is 19.7 Å². The lowest BCUT2D eigenvalue weighted by molar-refractivity contribution is -0.127. The fraction of sp³-hybridized carbons (Fsp3) is 0.269. The first-order valence-electron chi connectivity index (χ1n) is 10.8. The number of fused-ring (bicyclic) bond motifs is 1. The fourth-order valence-electron chi connectivity index (χ4n) is 3.93. The average molecular weight is 443 g/mol. The number of rotatable bonds is 6. The van der Waals surface area contributed by atoms with Crippen molar-refractivity contribution in [2.45, 2.75) is 25.9 Å². The van der Waals surface area contributed by atoms with Gasteiger partial charge in [-0.25, -0.2) is 9.97 Å². The molecule has 0 unspecified atom stereocenters. The number of benzene rings is 2. The SMILES string of the molecule is C#Cc1cccc(Nc2nc(C)nc3cc(OC)c(OC4CCN(C(=O)C=C)CC4)cc23)c1. The highest BCUT2D eigenvalue weighted by atomic mass is 16.5. The van der Waals surface area contributed by atoms with Crippen LogP contribution in [-0.2, 0) is 4.79 Å². The third kappa shape index (κ3) is 4.90. The smallest absolute Gasteiger partial charge is 0.245 e. The number of nitrogens with one attached hydrogen (secondary N) is 1. The van der Waals surface area contributed by atoms with Crippen molar-refractivity contribution in [3.63, 3.8) is 0 Å². The summed E-state index contributed by atoms with van der Waals surface area (Å²) in [5.74, 6) is 5.11. The van der Waals surface area contributed by atoms with Crippen molar-refractivity contribution in [1.82, 2.24) is 14.9 Å². The number of carbonyl (C=O) groups is 1. The van der Waals surface area contributed by atoms with Gasteiger partial charge in [0.2, 0.25) is 5.91 Å². The molecule has 1 N–H and O–H groups in total. The summed E-state index contributed by atoms with van der Waals surface area (Å²) in [5.41, 5.74) is 2.36. The van der Waals surface area contributed by atoms with Crippen molar-refractivity contribution in [3.8, 4) is 23.8 Å². The summed E-state index contributed by atoms with van der Waals surface area (Å²) in [6, 6.07) is 11.4. The van der Waals surface area contributed by atoms with Crippen molar-refractivity contribution < 1.29 is 14.3 Å². The predicted octanol–water partition coefficient (Wildman–Crippen LogP) is 4.23. The van der Waals surface area contributed by atoms with E-state index in [1.165, 1.54) is 6.08 Å². The van der Waals surface area contributed by atoms with Gasteiger partial charge in [-0.2, -0.15) is 0 Å². The van der Waals surface area contributed by atoms with E-state index < -0.39 is 0 Å². The highest BCUT2D eigenvalue weighted by Crippen LogP contribution is 2.36. The fourth-order valence-corrected chi connectivity index (χ4v) is 3.93. The van der Waals surface area contributed by atoms with Crippen LogP contribution in [0.1, 0.15) is 24.2 Å². The molecule has 4 rings (SSSR count). The zero-order chi connectivity index (χ0) is 23.4. The topological polar surface area (TPSA) is 76.6 Å². The summed E-state index contributed by atoms with van der Waals surface area (Å²) in [6.07, 6.45) is 8.33. The van der Waals surface area contributed by atoms with Crippen LogP contribution in [0.15, 0.2) is 49.1 Å². The first-order valence-corrected chi connectivity index (χ1v) is 10.8. The molecule has 0 bridgehead atoms. The minimum atomic E-state index is -0.0473. The zero-order valence-corrected chi connectivity index (χ0v) is 18.8. The average Bonchev–Trinajstić information content (AvgIpc) is 2.84. The van der Waals surface area contributed by atoms with Gasteiger partial charge in [-0.05, 0) is 37.3 Å². The Morgan fingerprint density at radius 2 is 2.03 bits per heavy atom. The Kier molecular flexibility index (Phi) is 6.45. The van der Waals surface area contributed by atoms with Gasteiger partial charge in [-0.1, -0.05) is 18.6 Å². The third-order valence-corrected chi connectivity index (χ3v) is 5.61. The normalized spacial score (nSPS) is 13.9. The number of piperidine rings is 1. The Morgan fingerprint density at radius 3 is 2.73 bits per heavy atom. The van der Waals surface area contributed by atoms with Gasteiger partial charge in [0, 0.05) is 48.6 Å². The minimum absolute atomic E-state index is 0.0275. The van der Waals surface area contributed by atoms with Gasteiger partial charge in [-0.15, -0.1) is 6.42 Å². The summed E-state index contributed by atoms with van der Waals surface area (Å²) in [4.78, 5) is 22.8. The summed E-state index contributed by atoms with van der Waals surface area (Å²) in [7, 11) is 1.61. The molecule has 0 radical (unpaired) electrons.